The number of carbonyl (C=O) groups is 1. The topological polar surface area (TPSA) is 47.6 Å². The van der Waals surface area contributed by atoms with Crippen molar-refractivity contribution in [2.45, 2.75) is 71.1 Å². The van der Waals surface area contributed by atoms with Crippen LogP contribution in [0, 0.1) is 6.92 Å². The minimum Gasteiger partial charge on any atom is -0.487 e. The van der Waals surface area contributed by atoms with Gasteiger partial charge in [0.05, 0.1) is 6.04 Å². The van der Waals surface area contributed by atoms with Crippen LogP contribution < -0.4 is 14.8 Å². The molecule has 1 aliphatic rings. The van der Waals surface area contributed by atoms with E-state index < -0.39 is 6.10 Å². The Bertz CT molecular complexity index is 813. The number of benzene rings is 2. The van der Waals surface area contributed by atoms with Crippen LogP contribution in [0.1, 0.15) is 63.6 Å². The summed E-state index contributed by atoms with van der Waals surface area (Å²) in [6, 6.07) is 15.7. The molecule has 0 aliphatic carbocycles. The van der Waals surface area contributed by atoms with Crippen molar-refractivity contribution in [3.63, 3.8) is 0 Å². The lowest BCUT2D eigenvalue weighted by atomic mass is 9.83. The van der Waals surface area contributed by atoms with Gasteiger partial charge in [0.15, 0.2) is 6.10 Å². The highest BCUT2D eigenvalue weighted by atomic mass is 16.5. The molecule has 2 atom stereocenters. The Morgan fingerprint density at radius 1 is 1.18 bits per heavy atom. The lowest BCUT2D eigenvalue weighted by Gasteiger charge is -2.42. The fourth-order valence-corrected chi connectivity index (χ4v) is 3.87. The van der Waals surface area contributed by atoms with E-state index in [0.29, 0.717) is 6.42 Å². The molecule has 0 aromatic heterocycles. The highest BCUT2D eigenvalue weighted by Gasteiger charge is 2.39. The van der Waals surface area contributed by atoms with Crippen molar-refractivity contribution >= 4 is 5.91 Å². The Balaban J connectivity index is 1.79. The second kappa shape index (κ2) is 8.68. The van der Waals surface area contributed by atoms with E-state index in [9.17, 15) is 4.79 Å². The maximum Gasteiger partial charge on any atom is 0.261 e. The molecule has 0 bridgehead atoms. The van der Waals surface area contributed by atoms with Crippen molar-refractivity contribution in [3.05, 3.63) is 59.7 Å². The van der Waals surface area contributed by atoms with E-state index in [1.165, 1.54) is 0 Å². The zero-order chi connectivity index (χ0) is 20.1. The summed E-state index contributed by atoms with van der Waals surface area (Å²) in [5.41, 5.74) is 1.91. The molecule has 1 heterocycles. The first-order valence-electron chi connectivity index (χ1n) is 10.3. The second-order valence-electron chi connectivity index (χ2n) is 7.63. The van der Waals surface area contributed by atoms with Gasteiger partial charge in [0.1, 0.15) is 17.1 Å². The quantitative estimate of drug-likeness (QED) is 0.703. The average molecular weight is 382 g/mol. The van der Waals surface area contributed by atoms with Crippen LogP contribution in [0.4, 0.5) is 0 Å². The zero-order valence-electron chi connectivity index (χ0n) is 17.3. The molecule has 1 amide bonds. The predicted octanol–water partition coefficient (Wildman–Crippen LogP) is 5.35. The van der Waals surface area contributed by atoms with E-state index in [2.05, 4.69) is 19.2 Å². The van der Waals surface area contributed by atoms with E-state index in [-0.39, 0.29) is 17.6 Å². The molecule has 1 N–H and O–H groups in total. The van der Waals surface area contributed by atoms with Crippen molar-refractivity contribution in [2.75, 3.05) is 0 Å². The third kappa shape index (κ3) is 4.32. The van der Waals surface area contributed by atoms with Crippen LogP contribution in [0.3, 0.4) is 0 Å². The van der Waals surface area contributed by atoms with Gasteiger partial charge in [-0.1, -0.05) is 51.1 Å². The first-order chi connectivity index (χ1) is 13.5. The number of para-hydroxylation sites is 1. The standard InChI is InChI=1S/C24H31NO3/c1-5-21(27-18-12-10-11-17(4)15-18)23(26)25-20-16-24(6-2,7-3)28-22-14-9-8-13-19(20)22/h8-15,20-21H,5-7,16H2,1-4H3,(H,25,26)/t20-,21-/m1/s1. The molecule has 4 heteroatoms. The number of ether oxygens (including phenoxy) is 2. The van der Waals surface area contributed by atoms with E-state index in [1.54, 1.807) is 0 Å². The summed E-state index contributed by atoms with van der Waals surface area (Å²) >= 11 is 0. The second-order valence-corrected chi connectivity index (χ2v) is 7.63. The highest BCUT2D eigenvalue weighted by Crippen LogP contribution is 2.42. The molecule has 0 fully saturated rings. The Labute approximate surface area is 168 Å². The van der Waals surface area contributed by atoms with Crippen molar-refractivity contribution < 1.29 is 14.3 Å². The van der Waals surface area contributed by atoms with Crippen LogP contribution in [0.5, 0.6) is 11.5 Å². The maximum absolute atomic E-state index is 13.1. The summed E-state index contributed by atoms with van der Waals surface area (Å²) in [6.45, 7) is 8.28. The van der Waals surface area contributed by atoms with Crippen molar-refractivity contribution in [3.8, 4) is 11.5 Å². The lowest BCUT2D eigenvalue weighted by Crippen LogP contribution is -2.47. The number of rotatable bonds is 7. The van der Waals surface area contributed by atoms with Crippen LogP contribution in [-0.4, -0.2) is 17.6 Å². The van der Waals surface area contributed by atoms with Crippen LogP contribution in [0.2, 0.25) is 0 Å². The zero-order valence-corrected chi connectivity index (χ0v) is 17.3. The smallest absolute Gasteiger partial charge is 0.261 e. The van der Waals surface area contributed by atoms with Crippen LogP contribution in [0.15, 0.2) is 48.5 Å². The SMILES string of the molecule is CC[C@@H](Oc1cccc(C)c1)C(=O)N[C@@H]1CC(CC)(CC)Oc2ccccc21. The third-order valence-corrected chi connectivity index (χ3v) is 5.73. The summed E-state index contributed by atoms with van der Waals surface area (Å²) in [5, 5.41) is 3.24. The van der Waals surface area contributed by atoms with E-state index in [0.717, 1.165) is 41.9 Å². The van der Waals surface area contributed by atoms with Gasteiger partial charge in [-0.05, 0) is 49.9 Å². The molecular formula is C24H31NO3. The van der Waals surface area contributed by atoms with E-state index >= 15 is 0 Å². The molecule has 0 saturated heterocycles. The van der Waals surface area contributed by atoms with Gasteiger partial charge in [0.25, 0.3) is 5.91 Å². The molecule has 0 radical (unpaired) electrons. The molecular weight excluding hydrogens is 350 g/mol. The van der Waals surface area contributed by atoms with Crippen LogP contribution in [-0.2, 0) is 4.79 Å². The Morgan fingerprint density at radius 3 is 2.61 bits per heavy atom. The largest absolute Gasteiger partial charge is 0.487 e. The first-order valence-corrected chi connectivity index (χ1v) is 10.3. The number of nitrogens with one attached hydrogen (secondary N) is 1. The molecule has 0 unspecified atom stereocenters. The number of hydrogen-bond acceptors (Lipinski definition) is 3. The van der Waals surface area contributed by atoms with Gasteiger partial charge in [-0.3, -0.25) is 4.79 Å². The van der Waals surface area contributed by atoms with Crippen molar-refractivity contribution in [2.24, 2.45) is 0 Å². The molecule has 2 aromatic carbocycles. The fourth-order valence-electron chi connectivity index (χ4n) is 3.87. The number of aryl methyl sites for hydroxylation is 1. The molecule has 1 aliphatic heterocycles. The minimum absolute atomic E-state index is 0.0764. The van der Waals surface area contributed by atoms with Crippen molar-refractivity contribution in [1.29, 1.82) is 0 Å². The molecule has 4 nitrogen and oxygen atoms in total. The summed E-state index contributed by atoms with van der Waals surface area (Å²) < 4.78 is 12.3. The van der Waals surface area contributed by atoms with Gasteiger partial charge in [-0.2, -0.15) is 0 Å². The predicted molar refractivity (Wildman–Crippen MR) is 112 cm³/mol. The molecule has 150 valence electrons. The molecule has 0 saturated carbocycles. The normalized spacial score (nSPS) is 18.5. The van der Waals surface area contributed by atoms with Crippen LogP contribution in [0.25, 0.3) is 0 Å². The van der Waals surface area contributed by atoms with Gasteiger partial charge in [0.2, 0.25) is 0 Å². The highest BCUT2D eigenvalue weighted by molar-refractivity contribution is 5.81. The summed E-state index contributed by atoms with van der Waals surface area (Å²) in [5.74, 6) is 1.52. The Hall–Kier alpha value is -2.49. The molecule has 0 spiro atoms. The third-order valence-electron chi connectivity index (χ3n) is 5.73. The summed E-state index contributed by atoms with van der Waals surface area (Å²) in [7, 11) is 0. The molecule has 2 aromatic rings. The van der Waals surface area contributed by atoms with E-state index in [4.69, 9.17) is 9.47 Å². The summed E-state index contributed by atoms with van der Waals surface area (Å²) in [6.07, 6.45) is 2.66. The number of amides is 1. The van der Waals surface area contributed by atoms with Crippen molar-refractivity contribution in [1.82, 2.24) is 5.32 Å². The van der Waals surface area contributed by atoms with Crippen LogP contribution >= 0.6 is 0 Å². The van der Waals surface area contributed by atoms with Gasteiger partial charge >= 0.3 is 0 Å². The number of fused-ring (bicyclic) bond motifs is 1. The molecule has 28 heavy (non-hydrogen) atoms. The lowest BCUT2D eigenvalue weighted by molar-refractivity contribution is -0.129. The Kier molecular flexibility index (Phi) is 6.28. The van der Waals surface area contributed by atoms with Gasteiger partial charge in [-0.25, -0.2) is 0 Å². The number of hydrogen-bond donors (Lipinski definition) is 1. The summed E-state index contributed by atoms with van der Waals surface area (Å²) in [4.78, 5) is 13.1. The maximum atomic E-state index is 13.1. The first kappa shape index (κ1) is 20.2. The average Bonchev–Trinajstić information content (AvgIpc) is 2.71. The van der Waals surface area contributed by atoms with Gasteiger partial charge in [0, 0.05) is 12.0 Å². The van der Waals surface area contributed by atoms with Gasteiger partial charge < -0.3 is 14.8 Å². The fraction of sp³-hybridized carbons (Fsp3) is 0.458. The van der Waals surface area contributed by atoms with E-state index in [1.807, 2.05) is 62.4 Å². The van der Waals surface area contributed by atoms with Gasteiger partial charge in [-0.15, -0.1) is 0 Å². The number of carbonyl (C=O) groups excluding carboxylic acids is 1. The molecule has 3 rings (SSSR count). The monoisotopic (exact) mass is 381 g/mol. The Morgan fingerprint density at radius 2 is 1.93 bits per heavy atom. The minimum atomic E-state index is -0.519.